The third kappa shape index (κ3) is 1.69. The minimum atomic E-state index is -0.925. The van der Waals surface area contributed by atoms with E-state index in [-0.39, 0.29) is 19.8 Å². The van der Waals surface area contributed by atoms with Crippen molar-refractivity contribution in [2.75, 3.05) is 19.8 Å². The summed E-state index contributed by atoms with van der Waals surface area (Å²) in [6.07, 6.45) is 1.89. The summed E-state index contributed by atoms with van der Waals surface area (Å²) < 4.78 is 4.76. The van der Waals surface area contributed by atoms with Crippen molar-refractivity contribution in [3.05, 3.63) is 0 Å². The van der Waals surface area contributed by atoms with Gasteiger partial charge in [0.2, 0.25) is 0 Å². The van der Waals surface area contributed by atoms with Crippen molar-refractivity contribution < 1.29 is 24.2 Å². The number of amides is 2. The lowest BCUT2D eigenvalue weighted by Gasteiger charge is -2.41. The van der Waals surface area contributed by atoms with Crippen molar-refractivity contribution in [1.82, 2.24) is 4.90 Å². The Morgan fingerprint density at radius 3 is 2.25 bits per heavy atom. The van der Waals surface area contributed by atoms with Crippen molar-refractivity contribution in [1.29, 1.82) is 0 Å². The number of aliphatic carboxylic acids is 1. The third-order valence-corrected chi connectivity index (χ3v) is 3.28. The molecule has 2 amide bonds. The second-order valence-electron chi connectivity index (χ2n) is 4.31. The Balaban J connectivity index is 2.10. The molecule has 2 fully saturated rings. The molecule has 1 saturated carbocycles. The third-order valence-electron chi connectivity index (χ3n) is 3.28. The Bertz CT molecular complexity index is 331. The van der Waals surface area contributed by atoms with Crippen LogP contribution in [0.2, 0.25) is 0 Å². The van der Waals surface area contributed by atoms with Crippen molar-refractivity contribution in [3.63, 3.8) is 0 Å². The summed E-state index contributed by atoms with van der Waals surface area (Å²) in [5, 5.41) is 9.11. The number of nitrogens with zero attached hydrogens (tertiary/aromatic N) is 1. The first kappa shape index (κ1) is 11.1. The molecule has 1 N–H and O–H groups in total. The molecule has 0 aromatic carbocycles. The predicted octanol–water partition coefficient (Wildman–Crippen LogP) is -0.373. The van der Waals surface area contributed by atoms with Gasteiger partial charge in [0.15, 0.2) is 0 Å². The Morgan fingerprint density at radius 1 is 1.31 bits per heavy atom. The van der Waals surface area contributed by atoms with E-state index in [1.807, 2.05) is 0 Å². The van der Waals surface area contributed by atoms with Gasteiger partial charge in [0, 0.05) is 6.54 Å². The van der Waals surface area contributed by atoms with Gasteiger partial charge in [-0.1, -0.05) is 6.42 Å². The van der Waals surface area contributed by atoms with Crippen LogP contribution in [0.4, 0.5) is 0 Å². The van der Waals surface area contributed by atoms with E-state index >= 15 is 0 Å². The molecule has 16 heavy (non-hydrogen) atoms. The average Bonchev–Trinajstić information content (AvgIpc) is 2.14. The van der Waals surface area contributed by atoms with Gasteiger partial charge in [-0.3, -0.25) is 19.3 Å². The largest absolute Gasteiger partial charge is 0.481 e. The number of carbonyl (C=O) groups is 3. The maximum Gasteiger partial charge on any atom is 0.311 e. The van der Waals surface area contributed by atoms with Gasteiger partial charge < -0.3 is 9.84 Å². The lowest BCUT2D eigenvalue weighted by atomic mass is 9.68. The van der Waals surface area contributed by atoms with Gasteiger partial charge in [0.05, 0.1) is 5.41 Å². The van der Waals surface area contributed by atoms with Gasteiger partial charge in [-0.15, -0.1) is 0 Å². The number of rotatable bonds is 3. The lowest BCUT2D eigenvalue weighted by molar-refractivity contribution is -0.167. The number of carbonyl (C=O) groups excluding carboxylic acids is 2. The average molecular weight is 227 g/mol. The van der Waals surface area contributed by atoms with Crippen LogP contribution in [0.3, 0.4) is 0 Å². The van der Waals surface area contributed by atoms with E-state index in [1.54, 1.807) is 0 Å². The predicted molar refractivity (Wildman–Crippen MR) is 51.5 cm³/mol. The number of hydrogen-bond acceptors (Lipinski definition) is 4. The first-order valence-corrected chi connectivity index (χ1v) is 5.19. The summed E-state index contributed by atoms with van der Waals surface area (Å²) >= 11 is 0. The molecule has 1 aliphatic heterocycles. The standard InChI is InChI=1S/C10H13NO5/c12-7-4-16-5-8(13)11(7)6-10(9(14)15)2-1-3-10/h1-6H2,(H,14,15). The fraction of sp³-hybridized carbons (Fsp3) is 0.700. The number of carboxylic acid groups (broad SMARTS) is 1. The first-order chi connectivity index (χ1) is 7.55. The molecule has 1 saturated heterocycles. The highest BCUT2D eigenvalue weighted by Gasteiger charge is 2.47. The van der Waals surface area contributed by atoms with Crippen LogP contribution < -0.4 is 0 Å². The van der Waals surface area contributed by atoms with Gasteiger partial charge in [0.25, 0.3) is 11.8 Å². The van der Waals surface area contributed by atoms with Crippen molar-refractivity contribution in [2.45, 2.75) is 19.3 Å². The van der Waals surface area contributed by atoms with Crippen LogP contribution in [0.5, 0.6) is 0 Å². The van der Waals surface area contributed by atoms with Gasteiger partial charge >= 0.3 is 5.97 Å². The summed E-state index contributed by atoms with van der Waals surface area (Å²) in [6, 6.07) is 0. The smallest absolute Gasteiger partial charge is 0.311 e. The summed E-state index contributed by atoms with van der Waals surface area (Å²) in [7, 11) is 0. The highest BCUT2D eigenvalue weighted by molar-refractivity contribution is 5.98. The van der Waals surface area contributed by atoms with Gasteiger partial charge in [-0.25, -0.2) is 0 Å². The zero-order valence-electron chi connectivity index (χ0n) is 8.77. The van der Waals surface area contributed by atoms with E-state index in [0.29, 0.717) is 12.8 Å². The normalized spacial score (nSPS) is 24.1. The fourth-order valence-corrected chi connectivity index (χ4v) is 2.04. The maximum atomic E-state index is 11.4. The maximum absolute atomic E-state index is 11.4. The molecule has 2 aliphatic rings. The van der Waals surface area contributed by atoms with Crippen LogP contribution in [0.15, 0.2) is 0 Å². The number of ether oxygens (including phenoxy) is 1. The Hall–Kier alpha value is -1.43. The molecular weight excluding hydrogens is 214 g/mol. The van der Waals surface area contributed by atoms with E-state index in [9.17, 15) is 14.4 Å². The number of imide groups is 1. The number of carboxylic acids is 1. The molecule has 0 radical (unpaired) electrons. The highest BCUT2D eigenvalue weighted by atomic mass is 16.5. The van der Waals surface area contributed by atoms with E-state index in [2.05, 4.69) is 0 Å². The van der Waals surface area contributed by atoms with Crippen LogP contribution >= 0.6 is 0 Å². The summed E-state index contributed by atoms with van der Waals surface area (Å²) in [5.74, 6) is -1.81. The van der Waals surface area contributed by atoms with Crippen molar-refractivity contribution >= 4 is 17.8 Å². The van der Waals surface area contributed by atoms with Gasteiger partial charge in [-0.05, 0) is 12.8 Å². The van der Waals surface area contributed by atoms with Crippen LogP contribution in [-0.2, 0) is 19.1 Å². The second kappa shape index (κ2) is 3.86. The lowest BCUT2D eigenvalue weighted by Crippen LogP contribution is -2.55. The van der Waals surface area contributed by atoms with Crippen LogP contribution in [-0.4, -0.2) is 47.5 Å². The molecule has 2 rings (SSSR count). The first-order valence-electron chi connectivity index (χ1n) is 5.19. The van der Waals surface area contributed by atoms with Crippen LogP contribution in [0, 0.1) is 5.41 Å². The zero-order valence-corrected chi connectivity index (χ0v) is 8.77. The summed E-state index contributed by atoms with van der Waals surface area (Å²) in [5.41, 5.74) is -0.914. The molecule has 1 heterocycles. The van der Waals surface area contributed by atoms with Crippen molar-refractivity contribution in [3.8, 4) is 0 Å². The molecule has 6 nitrogen and oxygen atoms in total. The molecule has 0 aromatic heterocycles. The molecule has 0 spiro atoms. The molecule has 88 valence electrons. The van der Waals surface area contributed by atoms with Crippen LogP contribution in [0.25, 0.3) is 0 Å². The minimum absolute atomic E-state index is 0.0106. The monoisotopic (exact) mass is 227 g/mol. The summed E-state index contributed by atoms with van der Waals surface area (Å²) in [6.45, 7) is -0.285. The van der Waals surface area contributed by atoms with Crippen molar-refractivity contribution in [2.24, 2.45) is 5.41 Å². The fourth-order valence-electron chi connectivity index (χ4n) is 2.04. The minimum Gasteiger partial charge on any atom is -0.481 e. The molecule has 1 aliphatic carbocycles. The van der Waals surface area contributed by atoms with Gasteiger partial charge in [-0.2, -0.15) is 0 Å². The van der Waals surface area contributed by atoms with E-state index < -0.39 is 23.2 Å². The van der Waals surface area contributed by atoms with E-state index in [4.69, 9.17) is 9.84 Å². The molecule has 0 atom stereocenters. The Labute approximate surface area is 92.2 Å². The van der Waals surface area contributed by atoms with Crippen LogP contribution in [0.1, 0.15) is 19.3 Å². The van der Waals surface area contributed by atoms with E-state index in [1.165, 1.54) is 0 Å². The molecule has 6 heteroatoms. The molecular formula is C10H13NO5. The molecule has 0 bridgehead atoms. The molecule has 0 aromatic rings. The Kier molecular flexibility index (Phi) is 2.67. The number of hydrogen-bond donors (Lipinski definition) is 1. The topological polar surface area (TPSA) is 83.9 Å². The SMILES string of the molecule is O=C1COCC(=O)N1CC1(C(=O)O)CCC1. The zero-order chi connectivity index (χ0) is 11.8. The second-order valence-corrected chi connectivity index (χ2v) is 4.31. The highest BCUT2D eigenvalue weighted by Crippen LogP contribution is 2.42. The quantitative estimate of drug-likeness (QED) is 0.665. The van der Waals surface area contributed by atoms with E-state index in [0.717, 1.165) is 11.3 Å². The summed E-state index contributed by atoms with van der Waals surface area (Å²) in [4.78, 5) is 35.0. The Morgan fingerprint density at radius 2 is 1.88 bits per heavy atom. The number of morpholine rings is 1. The molecule has 0 unspecified atom stereocenters. The van der Waals surface area contributed by atoms with Gasteiger partial charge in [0.1, 0.15) is 13.2 Å².